The number of benzene rings is 2. The van der Waals surface area contributed by atoms with Gasteiger partial charge >= 0.3 is 0 Å². The topological polar surface area (TPSA) is 53.6 Å². The molecule has 1 amide bonds. The summed E-state index contributed by atoms with van der Waals surface area (Å²) in [6.45, 7) is 3.89. The van der Waals surface area contributed by atoms with Crippen LogP contribution in [0.4, 0.5) is 5.69 Å². The first-order valence-corrected chi connectivity index (χ1v) is 10.2. The maximum absolute atomic E-state index is 13.0. The predicted molar refractivity (Wildman–Crippen MR) is 124 cm³/mol. The summed E-state index contributed by atoms with van der Waals surface area (Å²) in [5.74, 6) is 0.0914. The third-order valence-electron chi connectivity index (χ3n) is 5.32. The fourth-order valence-electron chi connectivity index (χ4n) is 3.71. The van der Waals surface area contributed by atoms with Crippen molar-refractivity contribution in [3.63, 3.8) is 0 Å². The maximum Gasteiger partial charge on any atom is 0.255 e. The number of amides is 1. The molecule has 2 aromatic carbocycles. The average molecular weight is 417 g/mol. The van der Waals surface area contributed by atoms with E-state index >= 15 is 0 Å². The van der Waals surface area contributed by atoms with Crippen molar-refractivity contribution in [2.45, 2.75) is 37.2 Å². The molecular weight excluding hydrogens is 394 g/mol. The molecule has 2 atom stereocenters. The fourth-order valence-corrected chi connectivity index (χ4v) is 3.92. The van der Waals surface area contributed by atoms with Crippen molar-refractivity contribution in [1.29, 1.82) is 0 Å². The fraction of sp³-hybridized carbons (Fsp3) is 0.381. The highest BCUT2D eigenvalue weighted by atomic mass is 35.5. The monoisotopic (exact) mass is 417 g/mol. The molecule has 6 radical (unpaired) electrons. The quantitative estimate of drug-likeness (QED) is 0.679. The Labute approximate surface area is 187 Å². The van der Waals surface area contributed by atoms with Gasteiger partial charge in [-0.2, -0.15) is 0 Å². The average Bonchev–Trinajstić information content (AvgIpc) is 3.02. The molecule has 1 saturated heterocycles. The lowest BCUT2D eigenvalue weighted by Crippen LogP contribution is -2.43. The first-order valence-electron chi connectivity index (χ1n) is 9.79. The molecule has 1 aliphatic heterocycles. The summed E-state index contributed by atoms with van der Waals surface area (Å²) in [6.07, 6.45) is 0.867. The van der Waals surface area contributed by atoms with Gasteiger partial charge in [-0.25, -0.2) is 0 Å². The molecule has 0 bridgehead atoms. The summed E-state index contributed by atoms with van der Waals surface area (Å²) in [7, 11) is 18.2. The van der Waals surface area contributed by atoms with Gasteiger partial charge in [-0.1, -0.05) is 47.2 Å². The molecule has 0 aromatic heterocycles. The minimum Gasteiger partial charge on any atom is -0.496 e. The van der Waals surface area contributed by atoms with Gasteiger partial charge in [0.25, 0.3) is 5.91 Å². The van der Waals surface area contributed by atoms with E-state index in [4.69, 9.17) is 39.9 Å². The van der Waals surface area contributed by atoms with Crippen LogP contribution in [0, 0.1) is 0 Å². The van der Waals surface area contributed by atoms with E-state index in [1.54, 1.807) is 6.07 Å². The van der Waals surface area contributed by atoms with Crippen molar-refractivity contribution in [3.8, 4) is 5.75 Å². The van der Waals surface area contributed by atoms with E-state index in [9.17, 15) is 4.79 Å². The number of hydrogen-bond donors (Lipinski definition) is 2. The Hall–Kier alpha value is -2.05. The summed E-state index contributed by atoms with van der Waals surface area (Å²) in [4.78, 5) is 15.3. The van der Waals surface area contributed by atoms with Gasteiger partial charge in [-0.15, -0.1) is 0 Å². The summed E-state index contributed by atoms with van der Waals surface area (Å²) in [6, 6.07) is 13.6. The van der Waals surface area contributed by atoms with Gasteiger partial charge in [0.15, 0.2) is 0 Å². The third-order valence-corrected chi connectivity index (χ3v) is 5.63. The number of anilines is 1. The highest BCUT2D eigenvalue weighted by molar-refractivity contribution is 6.60. The predicted octanol–water partition coefficient (Wildman–Crippen LogP) is 2.27. The van der Waals surface area contributed by atoms with Crippen LogP contribution in [0.2, 0.25) is 5.02 Å². The standard InChI is InChI=1S/C21H23B3ClN3O2/c1-13-17(8-9-28(13)12-14-6-4-3-5-7-14)26-20(29)15-10-16(25)18(11-19(15)30-2)27-21(22,23)24/h3-7,10-11,13,17,27H,8-9,12H2,1-2H3,(H,26,29)/t13-,17?/m0/s1. The Bertz CT molecular complexity index is 893. The molecule has 2 aromatic rings. The van der Waals surface area contributed by atoms with E-state index in [1.165, 1.54) is 18.7 Å². The molecule has 1 unspecified atom stereocenters. The number of nitrogens with one attached hydrogen (secondary N) is 2. The molecule has 30 heavy (non-hydrogen) atoms. The van der Waals surface area contributed by atoms with Crippen molar-refractivity contribution < 1.29 is 9.53 Å². The number of methoxy groups -OCH3 is 1. The van der Waals surface area contributed by atoms with Crippen LogP contribution >= 0.6 is 11.6 Å². The normalized spacial score (nSPS) is 19.4. The van der Waals surface area contributed by atoms with Gasteiger partial charge in [-0.3, -0.25) is 9.69 Å². The van der Waals surface area contributed by atoms with Crippen molar-refractivity contribution in [2.75, 3.05) is 19.0 Å². The number of rotatable bonds is 7. The Morgan fingerprint density at radius 2 is 1.97 bits per heavy atom. The van der Waals surface area contributed by atoms with Gasteiger partial charge in [0.05, 0.1) is 46.9 Å². The number of likely N-dealkylation sites (tertiary alicyclic amines) is 1. The summed E-state index contributed by atoms with van der Waals surface area (Å²) >= 11 is 6.29. The van der Waals surface area contributed by atoms with Crippen LogP contribution in [0.1, 0.15) is 29.3 Å². The number of hydrogen-bond acceptors (Lipinski definition) is 4. The van der Waals surface area contributed by atoms with Crippen LogP contribution in [-0.4, -0.2) is 65.3 Å². The zero-order valence-corrected chi connectivity index (χ0v) is 17.9. The van der Waals surface area contributed by atoms with E-state index in [-0.39, 0.29) is 23.0 Å². The van der Waals surface area contributed by atoms with Crippen LogP contribution < -0.4 is 15.4 Å². The van der Waals surface area contributed by atoms with Crippen molar-refractivity contribution >= 4 is 46.7 Å². The van der Waals surface area contributed by atoms with E-state index in [1.807, 2.05) is 18.2 Å². The molecule has 5 nitrogen and oxygen atoms in total. The zero-order chi connectivity index (χ0) is 21.9. The Kier molecular flexibility index (Phi) is 7.09. The summed E-state index contributed by atoms with van der Waals surface area (Å²) in [5, 5.41) is 4.41. The Morgan fingerprint density at radius 1 is 1.27 bits per heavy atom. The molecule has 2 N–H and O–H groups in total. The molecule has 1 heterocycles. The molecule has 1 aliphatic rings. The third kappa shape index (κ3) is 5.55. The number of halogens is 1. The molecule has 0 aliphatic carbocycles. The van der Waals surface area contributed by atoms with E-state index < -0.39 is 5.24 Å². The van der Waals surface area contributed by atoms with Gasteiger partial charge in [0.2, 0.25) is 0 Å². The number of carbonyl (C=O) groups excluding carboxylic acids is 1. The molecule has 150 valence electrons. The van der Waals surface area contributed by atoms with Gasteiger partial charge in [0, 0.05) is 31.2 Å². The minimum absolute atomic E-state index is 0.0206. The molecule has 0 saturated carbocycles. The van der Waals surface area contributed by atoms with Gasteiger partial charge in [-0.05, 0) is 25.0 Å². The SMILES string of the molecule is [B]C([B])([B])Nc1cc(OC)c(C(=O)NC2CCN(Cc3ccccc3)[C@H]2C)cc1Cl. The largest absolute Gasteiger partial charge is 0.496 e. The van der Waals surface area contributed by atoms with E-state index in [2.05, 4.69) is 34.6 Å². The number of ether oxygens (including phenoxy) is 1. The summed E-state index contributed by atoms with van der Waals surface area (Å²) < 4.78 is 5.38. The lowest BCUT2D eigenvalue weighted by Gasteiger charge is -2.26. The van der Waals surface area contributed by atoms with Crippen LogP contribution in [0.3, 0.4) is 0 Å². The number of carbonyl (C=O) groups is 1. The van der Waals surface area contributed by atoms with Crippen LogP contribution in [-0.2, 0) is 6.54 Å². The molecule has 1 fully saturated rings. The van der Waals surface area contributed by atoms with Gasteiger partial charge < -0.3 is 15.4 Å². The van der Waals surface area contributed by atoms with Crippen molar-refractivity contribution in [2.24, 2.45) is 0 Å². The second-order valence-electron chi connectivity index (χ2n) is 7.66. The second kappa shape index (κ2) is 9.40. The molecule has 3 rings (SSSR count). The van der Waals surface area contributed by atoms with Gasteiger partial charge in [0.1, 0.15) is 5.75 Å². The van der Waals surface area contributed by atoms with Crippen LogP contribution in [0.25, 0.3) is 0 Å². The second-order valence-corrected chi connectivity index (χ2v) is 8.06. The van der Waals surface area contributed by atoms with Crippen LogP contribution in [0.15, 0.2) is 42.5 Å². The highest BCUT2D eigenvalue weighted by Crippen LogP contribution is 2.32. The lowest BCUT2D eigenvalue weighted by atomic mass is 9.49. The minimum atomic E-state index is -1.65. The Balaban J connectivity index is 1.70. The molecule has 0 spiro atoms. The Morgan fingerprint density at radius 3 is 2.60 bits per heavy atom. The van der Waals surface area contributed by atoms with Crippen molar-refractivity contribution in [3.05, 3.63) is 58.6 Å². The first kappa shape index (κ1) is 22.6. The van der Waals surface area contributed by atoms with E-state index in [0.29, 0.717) is 17.0 Å². The van der Waals surface area contributed by atoms with Crippen LogP contribution in [0.5, 0.6) is 5.75 Å². The number of nitrogens with zero attached hydrogens (tertiary/aromatic N) is 1. The zero-order valence-electron chi connectivity index (χ0n) is 17.2. The highest BCUT2D eigenvalue weighted by Gasteiger charge is 2.32. The van der Waals surface area contributed by atoms with Crippen molar-refractivity contribution in [1.82, 2.24) is 10.2 Å². The molecular formula is C21H23B3ClN3O2. The van der Waals surface area contributed by atoms with E-state index in [0.717, 1.165) is 19.5 Å². The lowest BCUT2D eigenvalue weighted by molar-refractivity contribution is 0.0924. The smallest absolute Gasteiger partial charge is 0.255 e. The first-order chi connectivity index (χ1) is 14.2. The molecule has 9 heteroatoms. The maximum atomic E-state index is 13.0. The summed E-state index contributed by atoms with van der Waals surface area (Å²) in [5.41, 5.74) is 1.96.